The van der Waals surface area contributed by atoms with Crippen LogP contribution in [0.4, 0.5) is 0 Å². The standard InChI is InChI=1S/C19H24O2Si/c20-19(21-22)15-9-3-8-14-18(16-10-4-1-5-11-16)17-12-6-2-7-13-17/h1-2,4-7,10-13,18H,3,8-9,14-15H2,22H3. The molecule has 0 aromatic heterocycles. The van der Waals surface area contributed by atoms with Crippen molar-refractivity contribution in [1.29, 1.82) is 0 Å². The molecule has 2 aromatic rings. The Bertz CT molecular complexity index is 515. The summed E-state index contributed by atoms with van der Waals surface area (Å²) in [4.78, 5) is 11.2. The molecule has 0 amide bonds. The zero-order valence-electron chi connectivity index (χ0n) is 13.2. The van der Waals surface area contributed by atoms with Gasteiger partial charge in [-0.1, -0.05) is 73.5 Å². The lowest BCUT2D eigenvalue weighted by molar-refractivity contribution is -0.134. The van der Waals surface area contributed by atoms with Crippen LogP contribution < -0.4 is 0 Å². The molecule has 2 nitrogen and oxygen atoms in total. The summed E-state index contributed by atoms with van der Waals surface area (Å²) in [6.07, 6.45) is 4.81. The van der Waals surface area contributed by atoms with Crippen LogP contribution in [0, 0.1) is 0 Å². The first-order chi connectivity index (χ1) is 10.8. The second-order valence-corrected chi connectivity index (χ2v) is 5.96. The second kappa shape index (κ2) is 9.21. The summed E-state index contributed by atoms with van der Waals surface area (Å²) in [5.74, 6) is 0.391. The molecule has 22 heavy (non-hydrogen) atoms. The Morgan fingerprint density at radius 1 is 0.864 bits per heavy atom. The molecule has 0 saturated heterocycles. The summed E-state index contributed by atoms with van der Waals surface area (Å²) < 4.78 is 4.82. The van der Waals surface area contributed by atoms with E-state index in [4.69, 9.17) is 4.43 Å². The molecule has 2 rings (SSSR count). The largest absolute Gasteiger partial charge is 0.529 e. The van der Waals surface area contributed by atoms with E-state index in [1.54, 1.807) is 0 Å². The topological polar surface area (TPSA) is 26.3 Å². The maximum Gasteiger partial charge on any atom is 0.291 e. The number of hydrogen-bond donors (Lipinski definition) is 0. The second-order valence-electron chi connectivity index (χ2n) is 5.55. The van der Waals surface area contributed by atoms with Crippen molar-refractivity contribution in [3.8, 4) is 0 Å². The average molecular weight is 312 g/mol. The quantitative estimate of drug-likeness (QED) is 0.550. The molecule has 0 spiro atoms. The Kier molecular flexibility index (Phi) is 6.90. The third kappa shape index (κ3) is 5.15. The summed E-state index contributed by atoms with van der Waals surface area (Å²) in [5.41, 5.74) is 2.74. The predicted molar refractivity (Wildman–Crippen MR) is 93.8 cm³/mol. The third-order valence-electron chi connectivity index (χ3n) is 4.01. The minimum atomic E-state index is -0.0469. The Morgan fingerprint density at radius 2 is 1.41 bits per heavy atom. The molecule has 0 unspecified atom stereocenters. The van der Waals surface area contributed by atoms with Gasteiger partial charge in [-0.15, -0.1) is 0 Å². The molecular formula is C19H24O2Si. The molecule has 2 aromatic carbocycles. The van der Waals surface area contributed by atoms with Crippen molar-refractivity contribution in [2.75, 3.05) is 0 Å². The van der Waals surface area contributed by atoms with Crippen LogP contribution in [0.15, 0.2) is 60.7 Å². The van der Waals surface area contributed by atoms with Crippen molar-refractivity contribution in [2.24, 2.45) is 0 Å². The lowest BCUT2D eigenvalue weighted by atomic mass is 9.87. The average Bonchev–Trinajstić information content (AvgIpc) is 2.59. The number of benzene rings is 2. The molecule has 0 bridgehead atoms. The summed E-state index contributed by atoms with van der Waals surface area (Å²) in [6, 6.07) is 21.4. The number of unbranched alkanes of at least 4 members (excludes halogenated alkanes) is 2. The highest BCUT2D eigenvalue weighted by Crippen LogP contribution is 2.29. The Balaban J connectivity index is 1.93. The van der Waals surface area contributed by atoms with Crippen LogP contribution in [0.25, 0.3) is 0 Å². The van der Waals surface area contributed by atoms with Gasteiger partial charge in [0.2, 0.25) is 10.5 Å². The molecule has 0 heterocycles. The van der Waals surface area contributed by atoms with Crippen LogP contribution in [0.3, 0.4) is 0 Å². The molecule has 0 aliphatic heterocycles. The van der Waals surface area contributed by atoms with Crippen LogP contribution in [0.1, 0.15) is 49.1 Å². The lowest BCUT2D eigenvalue weighted by Crippen LogP contribution is -2.02. The van der Waals surface area contributed by atoms with Crippen molar-refractivity contribution < 1.29 is 9.22 Å². The zero-order chi connectivity index (χ0) is 15.6. The maximum absolute atomic E-state index is 11.2. The van der Waals surface area contributed by atoms with Gasteiger partial charge in [-0.3, -0.25) is 4.79 Å². The van der Waals surface area contributed by atoms with Gasteiger partial charge in [-0.25, -0.2) is 0 Å². The van der Waals surface area contributed by atoms with Crippen LogP contribution in [0.2, 0.25) is 0 Å². The number of hydrogen-bond acceptors (Lipinski definition) is 2. The third-order valence-corrected chi connectivity index (χ3v) is 4.46. The molecule has 0 radical (unpaired) electrons. The van der Waals surface area contributed by atoms with E-state index in [1.165, 1.54) is 11.1 Å². The number of rotatable bonds is 8. The highest BCUT2D eigenvalue weighted by atomic mass is 28.2. The fourth-order valence-electron chi connectivity index (χ4n) is 2.79. The van der Waals surface area contributed by atoms with E-state index in [0.29, 0.717) is 22.8 Å². The van der Waals surface area contributed by atoms with Crippen LogP contribution >= 0.6 is 0 Å². The van der Waals surface area contributed by atoms with Crippen molar-refractivity contribution in [3.63, 3.8) is 0 Å². The zero-order valence-corrected chi connectivity index (χ0v) is 15.2. The fraction of sp³-hybridized carbons (Fsp3) is 0.316. The minimum Gasteiger partial charge on any atom is -0.529 e. The maximum atomic E-state index is 11.2. The van der Waals surface area contributed by atoms with E-state index in [0.717, 1.165) is 25.7 Å². The van der Waals surface area contributed by atoms with Crippen molar-refractivity contribution in [1.82, 2.24) is 0 Å². The van der Waals surface area contributed by atoms with E-state index in [2.05, 4.69) is 60.7 Å². The van der Waals surface area contributed by atoms with E-state index < -0.39 is 0 Å². The molecule has 3 heteroatoms. The molecule has 0 N–H and O–H groups in total. The first kappa shape index (κ1) is 16.5. The first-order valence-electron chi connectivity index (χ1n) is 7.98. The van der Waals surface area contributed by atoms with Crippen molar-refractivity contribution in [2.45, 2.75) is 38.0 Å². The Morgan fingerprint density at radius 3 is 1.91 bits per heavy atom. The van der Waals surface area contributed by atoms with Crippen molar-refractivity contribution in [3.05, 3.63) is 71.8 Å². The van der Waals surface area contributed by atoms with Crippen molar-refractivity contribution >= 4 is 16.5 Å². The van der Waals surface area contributed by atoms with Gasteiger partial charge < -0.3 is 4.43 Å². The normalized spacial score (nSPS) is 10.8. The Hall–Kier alpha value is -1.87. The molecular weight excluding hydrogens is 288 g/mol. The summed E-state index contributed by atoms with van der Waals surface area (Å²) in [6.45, 7) is 0. The fourth-order valence-corrected chi connectivity index (χ4v) is 3.00. The smallest absolute Gasteiger partial charge is 0.291 e. The lowest BCUT2D eigenvalue weighted by Gasteiger charge is -2.18. The molecule has 0 aliphatic carbocycles. The molecule has 0 atom stereocenters. The predicted octanol–water partition coefficient (Wildman–Crippen LogP) is 3.59. The Labute approximate surface area is 136 Å². The molecule has 0 saturated carbocycles. The minimum absolute atomic E-state index is 0.0469. The van der Waals surface area contributed by atoms with Gasteiger partial charge in [0, 0.05) is 12.3 Å². The molecule has 116 valence electrons. The molecule has 0 fully saturated rings. The van der Waals surface area contributed by atoms with E-state index >= 15 is 0 Å². The summed E-state index contributed by atoms with van der Waals surface area (Å²) >= 11 is 0. The highest BCUT2D eigenvalue weighted by Gasteiger charge is 2.13. The molecule has 0 aliphatic rings. The van der Waals surface area contributed by atoms with E-state index in [1.807, 2.05) is 0 Å². The van der Waals surface area contributed by atoms with E-state index in [9.17, 15) is 4.79 Å². The number of carbonyl (C=O) groups excluding carboxylic acids is 1. The van der Waals surface area contributed by atoms with Gasteiger partial charge in [0.05, 0.1) is 0 Å². The van der Waals surface area contributed by atoms with Crippen LogP contribution in [0.5, 0.6) is 0 Å². The SMILES string of the molecule is O=C(CCCCCC(c1ccccc1)c1ccccc1)O[SiH3]. The van der Waals surface area contributed by atoms with Crippen LogP contribution in [-0.2, 0) is 9.22 Å². The monoisotopic (exact) mass is 312 g/mol. The number of carbonyl (C=O) groups is 1. The van der Waals surface area contributed by atoms with Gasteiger partial charge >= 0.3 is 0 Å². The van der Waals surface area contributed by atoms with E-state index in [-0.39, 0.29) is 5.97 Å². The van der Waals surface area contributed by atoms with Gasteiger partial charge in [-0.05, 0) is 24.0 Å². The summed E-state index contributed by atoms with van der Waals surface area (Å²) in [5, 5.41) is 0. The van der Waals surface area contributed by atoms with Gasteiger partial charge in [0.15, 0.2) is 0 Å². The van der Waals surface area contributed by atoms with Gasteiger partial charge in [-0.2, -0.15) is 0 Å². The van der Waals surface area contributed by atoms with Gasteiger partial charge in [0.25, 0.3) is 5.97 Å². The van der Waals surface area contributed by atoms with Crippen LogP contribution in [-0.4, -0.2) is 16.5 Å². The summed E-state index contributed by atoms with van der Waals surface area (Å²) in [7, 11) is 0.506. The van der Waals surface area contributed by atoms with Gasteiger partial charge in [0.1, 0.15) is 0 Å². The highest BCUT2D eigenvalue weighted by molar-refractivity contribution is 6.05. The first-order valence-corrected chi connectivity index (χ1v) is 8.79.